The summed E-state index contributed by atoms with van der Waals surface area (Å²) in [6, 6.07) is 8.37. The molecule has 1 atom stereocenters. The lowest BCUT2D eigenvalue weighted by atomic mass is 9.77. The fourth-order valence-electron chi connectivity index (χ4n) is 5.19. The number of dihydropyridines is 2. The molecule has 12 heteroatoms. The van der Waals surface area contributed by atoms with Gasteiger partial charge in [-0.3, -0.25) is 9.79 Å². The number of aryl methyl sites for hydroxylation is 1. The largest absolute Gasteiger partial charge is 0.458 e. The van der Waals surface area contributed by atoms with Gasteiger partial charge >= 0.3 is 18.3 Å². The summed E-state index contributed by atoms with van der Waals surface area (Å²) in [7, 11) is 1.28. The zero-order chi connectivity index (χ0) is 33.4. The van der Waals surface area contributed by atoms with E-state index in [0.717, 1.165) is 10.5 Å². The van der Waals surface area contributed by atoms with Gasteiger partial charge in [-0.25, -0.2) is 4.79 Å². The molecule has 2 aliphatic rings. The molecule has 4 rings (SSSR count). The predicted octanol–water partition coefficient (Wildman–Crippen LogP) is 7.04. The molecule has 0 radical (unpaired) electrons. The molecule has 45 heavy (non-hydrogen) atoms. The number of rotatable bonds is 6. The second-order valence-electron chi connectivity index (χ2n) is 12.0. The van der Waals surface area contributed by atoms with Crippen LogP contribution in [0.3, 0.4) is 0 Å². The summed E-state index contributed by atoms with van der Waals surface area (Å²) in [6.07, 6.45) is -3.73. The monoisotopic (exact) mass is 633 g/mol. The van der Waals surface area contributed by atoms with E-state index < -0.39 is 53.0 Å². The number of carbonyl (C=O) groups excluding carboxylic acids is 2. The third kappa shape index (κ3) is 7.49. The van der Waals surface area contributed by atoms with E-state index in [2.05, 4.69) is 10.3 Å². The van der Waals surface area contributed by atoms with Crippen molar-refractivity contribution in [2.24, 2.45) is 4.99 Å². The van der Waals surface area contributed by atoms with Crippen molar-refractivity contribution in [3.8, 4) is 0 Å². The Morgan fingerprint density at radius 3 is 2.16 bits per heavy atom. The Kier molecular flexibility index (Phi) is 9.10. The van der Waals surface area contributed by atoms with Gasteiger partial charge in [0.1, 0.15) is 5.60 Å². The zero-order valence-corrected chi connectivity index (χ0v) is 25.4. The van der Waals surface area contributed by atoms with Crippen molar-refractivity contribution >= 4 is 23.7 Å². The maximum atomic E-state index is 13.9. The smallest absolute Gasteiger partial charge is 0.416 e. The molecule has 0 aliphatic carbocycles. The topological polar surface area (TPSA) is 71.0 Å². The molecule has 0 saturated carbocycles. The Balaban J connectivity index is 1.81. The van der Waals surface area contributed by atoms with Crippen LogP contribution in [-0.4, -0.2) is 47.7 Å². The SMILES string of the molecule is Cc1ccccc1C1=C(C(=O)N(C)Cc2cc(C(F)(F)F)cc(C(F)(F)F)c2)C=NC(C(=O)OC(C)(C)C)(C2=CCNC=C2)C1. The van der Waals surface area contributed by atoms with Crippen LogP contribution in [0.15, 0.2) is 77.0 Å². The average Bonchev–Trinajstić information content (AvgIpc) is 2.95. The molecular weight excluding hydrogens is 600 g/mol. The van der Waals surface area contributed by atoms with Crippen LogP contribution in [0.1, 0.15) is 55.0 Å². The Hall–Kier alpha value is -4.35. The minimum absolute atomic E-state index is 0.0398. The standard InChI is InChI=1S/C33H33F6N3O3/c1-20-8-6-7-9-25(20)26-17-31(22-10-12-40-13-11-22,29(44)45-30(2,3)4)41-18-27(26)28(43)42(5)19-21-14-23(32(34,35)36)16-24(15-21)33(37,38)39/h6-12,14-16,18,40H,13,17,19H2,1-5H3. The highest BCUT2D eigenvalue weighted by molar-refractivity contribution is 6.20. The number of ether oxygens (including phenoxy) is 1. The number of hydrogen-bond acceptors (Lipinski definition) is 5. The van der Waals surface area contributed by atoms with E-state index in [4.69, 9.17) is 4.74 Å². The fourth-order valence-corrected chi connectivity index (χ4v) is 5.19. The van der Waals surface area contributed by atoms with Crippen molar-refractivity contribution in [3.05, 3.63) is 99.8 Å². The Bertz CT molecular complexity index is 1580. The van der Waals surface area contributed by atoms with Crippen molar-refractivity contribution in [2.45, 2.75) is 64.2 Å². The fraction of sp³-hybridized carbons (Fsp3) is 0.364. The lowest BCUT2D eigenvalue weighted by Crippen LogP contribution is -2.46. The number of nitrogens with one attached hydrogen (secondary N) is 1. The summed E-state index contributed by atoms with van der Waals surface area (Å²) in [5.41, 5.74) is -3.30. The van der Waals surface area contributed by atoms with Crippen LogP contribution in [0.25, 0.3) is 5.57 Å². The van der Waals surface area contributed by atoms with E-state index >= 15 is 0 Å². The molecule has 0 bridgehead atoms. The molecule has 2 heterocycles. The Labute approximate surface area is 257 Å². The minimum atomic E-state index is -5.03. The number of nitrogens with zero attached hydrogens (tertiary/aromatic N) is 2. The van der Waals surface area contributed by atoms with Gasteiger partial charge in [0.2, 0.25) is 0 Å². The first-order valence-electron chi connectivity index (χ1n) is 14.0. The van der Waals surface area contributed by atoms with E-state index in [-0.39, 0.29) is 23.6 Å². The van der Waals surface area contributed by atoms with Crippen LogP contribution in [0.5, 0.6) is 0 Å². The van der Waals surface area contributed by atoms with Crippen LogP contribution in [0.2, 0.25) is 0 Å². The number of carbonyl (C=O) groups is 2. The third-order valence-corrected chi connectivity index (χ3v) is 7.32. The molecule has 2 aromatic rings. The van der Waals surface area contributed by atoms with E-state index in [9.17, 15) is 35.9 Å². The van der Waals surface area contributed by atoms with Crippen LogP contribution in [-0.2, 0) is 33.2 Å². The van der Waals surface area contributed by atoms with Crippen LogP contribution in [0.4, 0.5) is 26.3 Å². The summed E-state index contributed by atoms with van der Waals surface area (Å²) in [4.78, 5) is 33.4. The first-order valence-corrected chi connectivity index (χ1v) is 14.0. The lowest BCUT2D eigenvalue weighted by Gasteiger charge is -2.37. The maximum absolute atomic E-state index is 13.9. The van der Waals surface area contributed by atoms with Gasteiger partial charge in [-0.2, -0.15) is 26.3 Å². The Morgan fingerprint density at radius 2 is 1.62 bits per heavy atom. The minimum Gasteiger partial charge on any atom is -0.458 e. The predicted molar refractivity (Wildman–Crippen MR) is 158 cm³/mol. The van der Waals surface area contributed by atoms with Gasteiger partial charge in [0.05, 0.1) is 16.7 Å². The maximum Gasteiger partial charge on any atom is 0.416 e. The Morgan fingerprint density at radius 1 is 1.00 bits per heavy atom. The molecule has 0 saturated heterocycles. The molecule has 0 fully saturated rings. The lowest BCUT2D eigenvalue weighted by molar-refractivity contribution is -0.159. The van der Waals surface area contributed by atoms with Crippen molar-refractivity contribution in [3.63, 3.8) is 0 Å². The zero-order valence-electron chi connectivity index (χ0n) is 25.4. The van der Waals surface area contributed by atoms with Gasteiger partial charge in [-0.1, -0.05) is 30.3 Å². The summed E-state index contributed by atoms with van der Waals surface area (Å²) in [5.74, 6) is -1.34. The number of amides is 1. The highest BCUT2D eigenvalue weighted by atomic mass is 19.4. The first-order chi connectivity index (χ1) is 20.8. The van der Waals surface area contributed by atoms with Gasteiger partial charge in [0.25, 0.3) is 5.91 Å². The molecule has 0 spiro atoms. The van der Waals surface area contributed by atoms with Crippen LogP contribution < -0.4 is 5.32 Å². The molecular formula is C33H33F6N3O3. The van der Waals surface area contributed by atoms with E-state index in [1.54, 1.807) is 57.3 Å². The number of benzene rings is 2. The molecule has 1 amide bonds. The van der Waals surface area contributed by atoms with Crippen molar-refractivity contribution < 1.29 is 40.7 Å². The summed E-state index contributed by atoms with van der Waals surface area (Å²) in [6.45, 7) is 6.84. The molecule has 240 valence electrons. The van der Waals surface area contributed by atoms with Gasteiger partial charge < -0.3 is 15.0 Å². The van der Waals surface area contributed by atoms with Crippen molar-refractivity contribution in [2.75, 3.05) is 13.6 Å². The summed E-state index contributed by atoms with van der Waals surface area (Å²) < 4.78 is 86.6. The molecule has 2 aliphatic heterocycles. The van der Waals surface area contributed by atoms with E-state index in [1.165, 1.54) is 13.3 Å². The molecule has 0 aromatic heterocycles. The van der Waals surface area contributed by atoms with Gasteiger partial charge in [0, 0.05) is 32.8 Å². The van der Waals surface area contributed by atoms with Gasteiger partial charge in [0.15, 0.2) is 5.54 Å². The average molecular weight is 634 g/mol. The number of alkyl halides is 6. The first kappa shape index (κ1) is 33.5. The molecule has 2 aromatic carbocycles. The summed E-state index contributed by atoms with van der Waals surface area (Å²) >= 11 is 0. The number of halogens is 6. The number of esters is 1. The van der Waals surface area contributed by atoms with Crippen LogP contribution in [0, 0.1) is 6.92 Å². The number of likely N-dealkylation sites (N-methyl/N-ethyl adjacent to an activating group) is 1. The highest BCUT2D eigenvalue weighted by Gasteiger charge is 2.48. The van der Waals surface area contributed by atoms with Crippen LogP contribution >= 0.6 is 0 Å². The normalized spacial score (nSPS) is 18.8. The number of aliphatic imine (C=N–C) groups is 1. The van der Waals surface area contributed by atoms with E-state index in [0.29, 0.717) is 35.4 Å². The quantitative estimate of drug-likeness (QED) is 0.274. The molecule has 6 nitrogen and oxygen atoms in total. The molecule has 1 unspecified atom stereocenters. The van der Waals surface area contributed by atoms with E-state index in [1.807, 2.05) is 13.0 Å². The second kappa shape index (κ2) is 12.2. The summed E-state index contributed by atoms with van der Waals surface area (Å²) in [5, 5.41) is 3.03. The number of hydrogen-bond donors (Lipinski definition) is 1. The van der Waals surface area contributed by atoms with Gasteiger partial charge in [-0.05, 0) is 86.0 Å². The van der Waals surface area contributed by atoms with Gasteiger partial charge in [-0.15, -0.1) is 0 Å². The van der Waals surface area contributed by atoms with Crippen molar-refractivity contribution in [1.82, 2.24) is 10.2 Å². The highest BCUT2D eigenvalue weighted by Crippen LogP contribution is 2.42. The van der Waals surface area contributed by atoms with Crippen molar-refractivity contribution in [1.29, 1.82) is 0 Å². The second-order valence-corrected chi connectivity index (χ2v) is 12.0. The molecule has 1 N–H and O–H groups in total. The third-order valence-electron chi connectivity index (χ3n) is 7.32.